The minimum atomic E-state index is 0.527. The number of nitrogens with two attached hydrogens (primary N) is 1. The topological polar surface area (TPSA) is 57.4 Å². The van der Waals surface area contributed by atoms with Crippen LogP contribution in [0.15, 0.2) is 46.3 Å². The first-order chi connectivity index (χ1) is 9.31. The minimum Gasteiger partial charge on any atom is -0.490 e. The third-order valence-corrected chi connectivity index (χ3v) is 3.61. The molecular weight excluding hydrogens is 260 g/mol. The van der Waals surface area contributed by atoms with Crippen LogP contribution in [0.25, 0.3) is 0 Å². The maximum Gasteiger partial charge on any atom is 0.162 e. The van der Waals surface area contributed by atoms with E-state index in [1.807, 2.05) is 30.3 Å². The number of hydrogen-bond acceptors (Lipinski definition) is 5. The maximum absolute atomic E-state index is 5.67. The molecule has 0 spiro atoms. The lowest BCUT2D eigenvalue weighted by Crippen LogP contribution is -1.97. The Morgan fingerprint density at radius 3 is 2.74 bits per heavy atom. The number of hydrogen-bond donors (Lipinski definition) is 1. The fraction of sp³-hybridized carbons (Fsp3) is 0.214. The molecule has 0 fully saturated rings. The van der Waals surface area contributed by atoms with Crippen molar-refractivity contribution in [2.45, 2.75) is 16.3 Å². The van der Waals surface area contributed by atoms with Crippen LogP contribution in [0, 0.1) is 0 Å². The number of benzene rings is 1. The number of ether oxygens (including phenoxy) is 2. The molecule has 19 heavy (non-hydrogen) atoms. The number of fused-ring (bicyclic) bond motifs is 1. The first kappa shape index (κ1) is 12.2. The molecule has 4 nitrogen and oxygen atoms in total. The van der Waals surface area contributed by atoms with Crippen LogP contribution in [0.3, 0.4) is 0 Å². The van der Waals surface area contributed by atoms with Crippen molar-refractivity contribution in [3.8, 4) is 11.5 Å². The Labute approximate surface area is 115 Å². The Morgan fingerprint density at radius 2 is 1.89 bits per heavy atom. The summed E-state index contributed by atoms with van der Waals surface area (Å²) in [7, 11) is 0. The smallest absolute Gasteiger partial charge is 0.162 e. The van der Waals surface area contributed by atoms with Gasteiger partial charge in [0.05, 0.1) is 13.2 Å². The van der Waals surface area contributed by atoms with Crippen molar-refractivity contribution >= 4 is 17.6 Å². The van der Waals surface area contributed by atoms with Crippen LogP contribution in [-0.4, -0.2) is 18.2 Å². The number of rotatable bonds is 2. The third kappa shape index (κ3) is 2.93. The van der Waals surface area contributed by atoms with Crippen molar-refractivity contribution < 1.29 is 9.47 Å². The minimum absolute atomic E-state index is 0.527. The molecule has 0 saturated carbocycles. The summed E-state index contributed by atoms with van der Waals surface area (Å²) in [5.74, 6) is 2.13. The molecule has 1 aromatic heterocycles. The lowest BCUT2D eigenvalue weighted by atomic mass is 10.3. The molecule has 0 saturated heterocycles. The Morgan fingerprint density at radius 1 is 1.05 bits per heavy atom. The molecule has 1 aliphatic heterocycles. The van der Waals surface area contributed by atoms with Gasteiger partial charge in [-0.3, -0.25) is 0 Å². The highest BCUT2D eigenvalue weighted by atomic mass is 32.2. The molecule has 0 amide bonds. The second-order valence-electron chi connectivity index (χ2n) is 4.16. The summed E-state index contributed by atoms with van der Waals surface area (Å²) in [6.45, 7) is 1.40. The van der Waals surface area contributed by atoms with E-state index < -0.39 is 0 Å². The Bertz CT molecular complexity index is 589. The first-order valence-corrected chi connectivity index (χ1v) is 6.93. The van der Waals surface area contributed by atoms with Crippen LogP contribution in [0.2, 0.25) is 0 Å². The standard InChI is InChI=1S/C14H14N2O2S/c15-13-3-1-4-14(16-13)19-10-5-6-11-12(9-10)18-8-2-7-17-11/h1,3-6,9H,2,7-8H2,(H2,15,16). The molecule has 2 aromatic rings. The van der Waals surface area contributed by atoms with E-state index in [-0.39, 0.29) is 0 Å². The highest BCUT2D eigenvalue weighted by Gasteiger charge is 2.11. The third-order valence-electron chi connectivity index (χ3n) is 2.69. The predicted octanol–water partition coefficient (Wildman–Crippen LogP) is 2.98. The van der Waals surface area contributed by atoms with E-state index in [0.29, 0.717) is 19.0 Å². The normalized spacial score (nSPS) is 13.9. The first-order valence-electron chi connectivity index (χ1n) is 6.11. The van der Waals surface area contributed by atoms with Gasteiger partial charge in [-0.2, -0.15) is 0 Å². The zero-order valence-corrected chi connectivity index (χ0v) is 11.2. The van der Waals surface area contributed by atoms with Crippen molar-refractivity contribution in [1.29, 1.82) is 0 Å². The van der Waals surface area contributed by atoms with Gasteiger partial charge in [0, 0.05) is 11.3 Å². The fourth-order valence-electron chi connectivity index (χ4n) is 1.82. The van der Waals surface area contributed by atoms with Gasteiger partial charge in [0.25, 0.3) is 0 Å². The summed E-state index contributed by atoms with van der Waals surface area (Å²) in [5.41, 5.74) is 5.67. The largest absolute Gasteiger partial charge is 0.490 e. The summed E-state index contributed by atoms with van der Waals surface area (Å²) in [6.07, 6.45) is 0.911. The Hall–Kier alpha value is -1.88. The maximum atomic E-state index is 5.67. The van der Waals surface area contributed by atoms with Gasteiger partial charge in [0.2, 0.25) is 0 Å². The van der Waals surface area contributed by atoms with Crippen molar-refractivity contribution in [1.82, 2.24) is 4.98 Å². The summed E-state index contributed by atoms with van der Waals surface area (Å²) < 4.78 is 11.3. The van der Waals surface area contributed by atoms with Gasteiger partial charge in [0.15, 0.2) is 11.5 Å². The number of anilines is 1. The average Bonchev–Trinajstić information content (AvgIpc) is 2.63. The summed E-state index contributed by atoms with van der Waals surface area (Å²) in [6, 6.07) is 11.5. The molecule has 1 aromatic carbocycles. The van der Waals surface area contributed by atoms with Crippen LogP contribution < -0.4 is 15.2 Å². The number of pyridine rings is 1. The predicted molar refractivity (Wildman–Crippen MR) is 74.8 cm³/mol. The van der Waals surface area contributed by atoms with E-state index >= 15 is 0 Å². The molecule has 0 unspecified atom stereocenters. The molecule has 0 aliphatic carbocycles. The zero-order chi connectivity index (χ0) is 13.1. The van der Waals surface area contributed by atoms with E-state index in [9.17, 15) is 0 Å². The van der Waals surface area contributed by atoms with Crippen molar-refractivity contribution in [2.75, 3.05) is 18.9 Å². The molecule has 2 heterocycles. The fourth-order valence-corrected chi connectivity index (χ4v) is 2.66. The molecule has 0 bridgehead atoms. The van der Waals surface area contributed by atoms with Crippen LogP contribution in [0.4, 0.5) is 5.82 Å². The molecule has 2 N–H and O–H groups in total. The molecule has 3 rings (SSSR count). The van der Waals surface area contributed by atoms with Crippen molar-refractivity contribution in [3.63, 3.8) is 0 Å². The van der Waals surface area contributed by atoms with E-state index in [4.69, 9.17) is 15.2 Å². The van der Waals surface area contributed by atoms with Crippen molar-refractivity contribution in [2.24, 2.45) is 0 Å². The van der Waals surface area contributed by atoms with Crippen LogP contribution in [0.5, 0.6) is 11.5 Å². The van der Waals surface area contributed by atoms with Crippen LogP contribution in [0.1, 0.15) is 6.42 Å². The van der Waals surface area contributed by atoms with Gasteiger partial charge in [-0.25, -0.2) is 4.98 Å². The zero-order valence-electron chi connectivity index (χ0n) is 10.3. The van der Waals surface area contributed by atoms with Crippen LogP contribution >= 0.6 is 11.8 Å². The van der Waals surface area contributed by atoms with Crippen molar-refractivity contribution in [3.05, 3.63) is 36.4 Å². The Kier molecular flexibility index (Phi) is 3.46. The van der Waals surface area contributed by atoms with Gasteiger partial charge in [-0.15, -0.1) is 0 Å². The molecule has 0 radical (unpaired) electrons. The quantitative estimate of drug-likeness (QED) is 0.912. The number of nitrogen functional groups attached to an aromatic ring is 1. The van der Waals surface area contributed by atoms with Gasteiger partial charge >= 0.3 is 0 Å². The van der Waals surface area contributed by atoms with E-state index in [2.05, 4.69) is 4.98 Å². The summed E-state index contributed by atoms with van der Waals surface area (Å²) in [5, 5.41) is 0.870. The average molecular weight is 274 g/mol. The molecule has 5 heteroatoms. The summed E-state index contributed by atoms with van der Waals surface area (Å²) in [4.78, 5) is 5.33. The molecule has 1 aliphatic rings. The van der Waals surface area contributed by atoms with Crippen LogP contribution in [-0.2, 0) is 0 Å². The monoisotopic (exact) mass is 274 g/mol. The number of aromatic nitrogens is 1. The molecule has 98 valence electrons. The number of nitrogens with zero attached hydrogens (tertiary/aromatic N) is 1. The lowest BCUT2D eigenvalue weighted by molar-refractivity contribution is 0.297. The SMILES string of the molecule is Nc1cccc(Sc2ccc3c(c2)OCCCO3)n1. The van der Waals surface area contributed by atoms with Gasteiger partial charge in [-0.05, 0) is 30.3 Å². The molecule has 0 atom stereocenters. The van der Waals surface area contributed by atoms with E-state index in [1.54, 1.807) is 17.8 Å². The van der Waals surface area contributed by atoms with E-state index in [1.165, 1.54) is 0 Å². The van der Waals surface area contributed by atoms with Gasteiger partial charge < -0.3 is 15.2 Å². The van der Waals surface area contributed by atoms with Gasteiger partial charge in [-0.1, -0.05) is 17.8 Å². The second-order valence-corrected chi connectivity index (χ2v) is 5.26. The highest BCUT2D eigenvalue weighted by molar-refractivity contribution is 7.99. The summed E-state index contributed by atoms with van der Waals surface area (Å²) >= 11 is 1.55. The second kappa shape index (κ2) is 5.40. The van der Waals surface area contributed by atoms with E-state index in [0.717, 1.165) is 27.8 Å². The van der Waals surface area contributed by atoms with Gasteiger partial charge in [0.1, 0.15) is 10.8 Å². The Balaban J connectivity index is 1.84. The molecular formula is C14H14N2O2S. The highest BCUT2D eigenvalue weighted by Crippen LogP contribution is 2.36. The lowest BCUT2D eigenvalue weighted by Gasteiger charge is -2.09.